The van der Waals surface area contributed by atoms with Gasteiger partial charge >= 0.3 is 18.2 Å². The lowest BCUT2D eigenvalue weighted by Crippen LogP contribution is -2.56. The number of rotatable bonds is 7. The summed E-state index contributed by atoms with van der Waals surface area (Å²) >= 11 is 0. The van der Waals surface area contributed by atoms with E-state index in [1.807, 2.05) is 42.5 Å². The molecule has 2 aromatic rings. The van der Waals surface area contributed by atoms with Gasteiger partial charge in [0.05, 0.1) is 13.7 Å². The Balaban J connectivity index is 1.33. The average Bonchev–Trinajstić information content (AvgIpc) is 3.33. The van der Waals surface area contributed by atoms with Gasteiger partial charge in [-0.3, -0.25) is 4.79 Å². The maximum absolute atomic E-state index is 13.2. The molecule has 5 amide bonds. The van der Waals surface area contributed by atoms with E-state index in [0.717, 1.165) is 28.9 Å². The monoisotopic (exact) mass is 548 g/mol. The van der Waals surface area contributed by atoms with Crippen LogP contribution < -0.4 is 4.74 Å². The van der Waals surface area contributed by atoms with Crippen LogP contribution in [-0.2, 0) is 21.6 Å². The van der Waals surface area contributed by atoms with Gasteiger partial charge in [-0.25, -0.2) is 19.3 Å². The summed E-state index contributed by atoms with van der Waals surface area (Å²) in [7, 11) is 1.63. The van der Waals surface area contributed by atoms with Crippen molar-refractivity contribution >= 4 is 30.2 Å². The van der Waals surface area contributed by atoms with Crippen molar-refractivity contribution in [3.63, 3.8) is 0 Å². The molecule has 1 heterocycles. The van der Waals surface area contributed by atoms with Crippen molar-refractivity contribution in [3.8, 4) is 5.75 Å². The number of hydrogen-bond donors (Lipinski definition) is 2. The van der Waals surface area contributed by atoms with Gasteiger partial charge in [-0.05, 0) is 66.8 Å². The van der Waals surface area contributed by atoms with E-state index in [9.17, 15) is 29.4 Å². The number of urea groups is 1. The third kappa shape index (κ3) is 4.42. The van der Waals surface area contributed by atoms with Gasteiger partial charge < -0.3 is 19.7 Å². The second kappa shape index (κ2) is 10.4. The Hall–Kier alpha value is -4.18. The summed E-state index contributed by atoms with van der Waals surface area (Å²) < 4.78 is 11.2. The average molecular weight is 549 g/mol. The normalized spacial score (nSPS) is 24.4. The lowest BCUT2D eigenvalue weighted by Gasteiger charge is -2.46. The predicted molar refractivity (Wildman–Crippen MR) is 144 cm³/mol. The summed E-state index contributed by atoms with van der Waals surface area (Å²) in [5.74, 6) is -0.0196. The Morgan fingerprint density at radius 3 is 2.27 bits per heavy atom. The van der Waals surface area contributed by atoms with Crippen LogP contribution in [0.15, 0.2) is 54.1 Å². The van der Waals surface area contributed by atoms with Crippen LogP contribution in [0.4, 0.5) is 14.4 Å². The molecule has 0 bridgehead atoms. The number of allylic oxidation sites excluding steroid dienone is 1. The smallest absolute Gasteiger partial charge is 0.422 e. The molecule has 2 aromatic carbocycles. The third-order valence-corrected chi connectivity index (χ3v) is 8.54. The first kappa shape index (κ1) is 27.4. The minimum Gasteiger partial charge on any atom is -0.497 e. The van der Waals surface area contributed by atoms with Crippen LogP contribution in [0.5, 0.6) is 5.75 Å². The van der Waals surface area contributed by atoms with E-state index in [4.69, 9.17) is 9.47 Å². The molecule has 0 radical (unpaired) electrons. The minimum absolute atomic E-state index is 0.0354. The van der Waals surface area contributed by atoms with Crippen molar-refractivity contribution in [2.75, 3.05) is 13.7 Å². The number of carboxylic acid groups (broad SMARTS) is 2. The van der Waals surface area contributed by atoms with E-state index in [0.29, 0.717) is 31.0 Å². The summed E-state index contributed by atoms with van der Waals surface area (Å²) in [5.41, 5.74) is 2.26. The maximum atomic E-state index is 13.2. The van der Waals surface area contributed by atoms with Gasteiger partial charge in [-0.1, -0.05) is 55.0 Å². The lowest BCUT2D eigenvalue weighted by molar-refractivity contribution is -0.133. The van der Waals surface area contributed by atoms with Gasteiger partial charge in [0.2, 0.25) is 0 Å². The van der Waals surface area contributed by atoms with Crippen molar-refractivity contribution in [1.29, 1.82) is 0 Å². The first-order valence-electron chi connectivity index (χ1n) is 13.3. The molecule has 1 atom stereocenters. The van der Waals surface area contributed by atoms with Crippen LogP contribution >= 0.6 is 0 Å². The molecule has 2 N–H and O–H groups in total. The van der Waals surface area contributed by atoms with Crippen LogP contribution in [0.25, 0.3) is 6.08 Å². The maximum Gasteiger partial charge on any atom is 0.422 e. The van der Waals surface area contributed by atoms with Gasteiger partial charge in [0.25, 0.3) is 5.91 Å². The highest BCUT2D eigenvalue weighted by Gasteiger charge is 2.65. The number of hydrogen-bond acceptors (Lipinski definition) is 6. The number of amides is 5. The van der Waals surface area contributed by atoms with Crippen LogP contribution in [-0.4, -0.2) is 63.4 Å². The molecule has 10 nitrogen and oxygen atoms in total. The van der Waals surface area contributed by atoms with Crippen LogP contribution in [0.1, 0.15) is 55.7 Å². The van der Waals surface area contributed by atoms with Crippen molar-refractivity contribution in [2.24, 2.45) is 5.92 Å². The van der Waals surface area contributed by atoms with E-state index in [2.05, 4.69) is 19.1 Å². The molecule has 0 aromatic heterocycles. The molecule has 2 fully saturated rings. The van der Waals surface area contributed by atoms with Crippen molar-refractivity contribution < 1.29 is 38.9 Å². The first-order chi connectivity index (χ1) is 19.1. The predicted octanol–water partition coefficient (Wildman–Crippen LogP) is 5.51. The topological polar surface area (TPSA) is 134 Å². The van der Waals surface area contributed by atoms with Gasteiger partial charge in [0.1, 0.15) is 11.3 Å². The molecular formula is C30H32N2O8. The molecule has 1 saturated carbocycles. The number of ether oxygens (including phenoxy) is 2. The number of imide groups is 4. The molecule has 2 spiro atoms. The zero-order valence-corrected chi connectivity index (χ0v) is 22.5. The van der Waals surface area contributed by atoms with Gasteiger partial charge in [0, 0.05) is 12.0 Å². The Morgan fingerprint density at radius 2 is 1.65 bits per heavy atom. The Bertz CT molecular complexity index is 1370. The lowest BCUT2D eigenvalue weighted by atomic mass is 9.61. The summed E-state index contributed by atoms with van der Waals surface area (Å²) in [6, 6.07) is 14.4. The number of carbonyl (C=O) groups is 4. The highest BCUT2D eigenvalue weighted by Crippen LogP contribution is 2.56. The molecule has 40 heavy (non-hydrogen) atoms. The Kier molecular flexibility index (Phi) is 7.14. The molecular weight excluding hydrogens is 516 g/mol. The van der Waals surface area contributed by atoms with Gasteiger partial charge in [0.15, 0.2) is 0 Å². The van der Waals surface area contributed by atoms with Crippen LogP contribution in [0.3, 0.4) is 0 Å². The summed E-state index contributed by atoms with van der Waals surface area (Å²) in [6.07, 6.45) is 0.423. The van der Waals surface area contributed by atoms with Crippen molar-refractivity contribution in [1.82, 2.24) is 9.80 Å². The summed E-state index contributed by atoms with van der Waals surface area (Å²) in [4.78, 5) is 50.0. The Labute approximate surface area is 231 Å². The molecule has 2 aliphatic carbocycles. The number of carbonyl (C=O) groups excluding carboxylic acids is 2. The van der Waals surface area contributed by atoms with E-state index < -0.39 is 35.1 Å². The molecule has 1 aliphatic heterocycles. The zero-order chi connectivity index (χ0) is 28.7. The first-order valence-corrected chi connectivity index (χ1v) is 13.3. The number of fused-ring (bicyclic) bond motifs is 2. The SMILES string of the molecule is COc1ccc(COC[C@H](C)CC2=Cc3ccccc3C23CCC2(CC3)C(=O)N(C(=O)O)C(=O)N2C(=O)O)cc1. The number of methoxy groups -OCH3 is 1. The third-order valence-electron chi connectivity index (χ3n) is 8.54. The number of nitrogens with zero attached hydrogens (tertiary/aromatic N) is 2. The van der Waals surface area contributed by atoms with E-state index in [1.54, 1.807) is 7.11 Å². The van der Waals surface area contributed by atoms with Gasteiger partial charge in [-0.15, -0.1) is 0 Å². The fourth-order valence-electron chi connectivity index (χ4n) is 6.57. The minimum atomic E-state index is -1.77. The summed E-state index contributed by atoms with van der Waals surface area (Å²) in [5, 5.41) is 19.2. The van der Waals surface area contributed by atoms with E-state index in [-0.39, 0.29) is 23.7 Å². The van der Waals surface area contributed by atoms with E-state index in [1.165, 1.54) is 5.57 Å². The standard InChI is InChI=1S/C30H32N2O8/c1-19(17-40-18-20-7-9-23(39-2)10-8-20)15-22-16-21-5-3-4-6-24(21)29(22)11-13-30(14-12-29)25(33)31(27(35)36)26(34)32(30)28(37)38/h3-10,16,19H,11-15,17-18H2,1-2H3,(H,35,36)(H,37,38)/t19-,29?,30?/m1/s1. The quantitative estimate of drug-likeness (QED) is 0.433. The fraction of sp³-hybridized carbons (Fsp3) is 0.400. The Morgan fingerprint density at radius 1 is 0.975 bits per heavy atom. The number of benzene rings is 2. The van der Waals surface area contributed by atoms with Crippen molar-refractivity contribution in [2.45, 2.75) is 56.6 Å². The van der Waals surface area contributed by atoms with Crippen molar-refractivity contribution in [3.05, 3.63) is 70.8 Å². The highest BCUT2D eigenvalue weighted by atomic mass is 16.5. The second-order valence-corrected chi connectivity index (χ2v) is 10.9. The molecule has 10 heteroatoms. The molecule has 210 valence electrons. The zero-order valence-electron chi connectivity index (χ0n) is 22.5. The molecule has 3 aliphatic rings. The largest absolute Gasteiger partial charge is 0.497 e. The molecule has 1 saturated heterocycles. The molecule has 0 unspecified atom stereocenters. The molecule has 5 rings (SSSR count). The van der Waals surface area contributed by atoms with E-state index >= 15 is 0 Å². The van der Waals surface area contributed by atoms with Crippen LogP contribution in [0, 0.1) is 5.92 Å². The fourth-order valence-corrected chi connectivity index (χ4v) is 6.57. The van der Waals surface area contributed by atoms with Crippen LogP contribution in [0.2, 0.25) is 0 Å². The summed E-state index contributed by atoms with van der Waals surface area (Å²) in [6.45, 7) is 3.13. The highest BCUT2D eigenvalue weighted by molar-refractivity contribution is 6.20. The van der Waals surface area contributed by atoms with Gasteiger partial charge in [-0.2, -0.15) is 4.90 Å². The second-order valence-electron chi connectivity index (χ2n) is 10.9.